The molecule has 1 atom stereocenters. The van der Waals surface area contributed by atoms with E-state index in [1.165, 1.54) is 0 Å². The lowest BCUT2D eigenvalue weighted by Crippen LogP contribution is -2.41. The summed E-state index contributed by atoms with van der Waals surface area (Å²) in [7, 11) is 0. The lowest BCUT2D eigenvalue weighted by atomic mass is 10.2. The minimum Gasteiger partial charge on any atom is -0.464 e. The van der Waals surface area contributed by atoms with Gasteiger partial charge in [-0.05, 0) is 12.8 Å². The quantitative estimate of drug-likeness (QED) is 0.614. The van der Waals surface area contributed by atoms with Crippen LogP contribution in [0.4, 0.5) is 0 Å². The summed E-state index contributed by atoms with van der Waals surface area (Å²) in [5, 5.41) is 8.87. The van der Waals surface area contributed by atoms with Crippen molar-refractivity contribution in [1.82, 2.24) is 4.90 Å². The van der Waals surface area contributed by atoms with Gasteiger partial charge in [-0.3, -0.25) is 9.69 Å². The number of hydrogen-bond donors (Lipinski definition) is 1. The molecule has 1 unspecified atom stereocenters. The van der Waals surface area contributed by atoms with Crippen LogP contribution in [0.5, 0.6) is 0 Å². The van der Waals surface area contributed by atoms with Crippen molar-refractivity contribution in [2.24, 2.45) is 0 Å². The molecule has 13 heavy (non-hydrogen) atoms. The number of nitrogens with zero attached hydrogens (tertiary/aromatic N) is 1. The number of aliphatic hydroxyl groups excluding tert-OH is 1. The van der Waals surface area contributed by atoms with Gasteiger partial charge in [-0.2, -0.15) is 0 Å². The Hall–Kier alpha value is -0.610. The third-order valence-electron chi connectivity index (χ3n) is 2.68. The first-order valence-corrected chi connectivity index (χ1v) is 4.86. The molecule has 1 saturated heterocycles. The van der Waals surface area contributed by atoms with Crippen LogP contribution in [0.25, 0.3) is 0 Å². The number of hydrogen-bond acceptors (Lipinski definition) is 4. The van der Waals surface area contributed by atoms with Gasteiger partial charge in [0.05, 0.1) is 13.2 Å². The molecule has 0 aromatic rings. The summed E-state index contributed by atoms with van der Waals surface area (Å²) < 4.78 is 4.91. The maximum absolute atomic E-state index is 11.3. The van der Waals surface area contributed by atoms with E-state index in [-0.39, 0.29) is 18.6 Å². The summed E-state index contributed by atoms with van der Waals surface area (Å²) in [6, 6.07) is 0.433. The summed E-state index contributed by atoms with van der Waals surface area (Å²) in [6.07, 6.45) is 3.10. The van der Waals surface area contributed by atoms with Gasteiger partial charge < -0.3 is 9.84 Å². The van der Waals surface area contributed by atoms with Crippen LogP contribution < -0.4 is 0 Å². The fourth-order valence-electron chi connectivity index (χ4n) is 1.90. The highest BCUT2D eigenvalue weighted by Gasteiger charge is 2.39. The lowest BCUT2D eigenvalue weighted by Gasteiger charge is -2.24. The monoisotopic (exact) mass is 185 g/mol. The number of ether oxygens (including phenoxy) is 1. The van der Waals surface area contributed by atoms with Crippen LogP contribution in [0.2, 0.25) is 0 Å². The van der Waals surface area contributed by atoms with Crippen LogP contribution in [-0.4, -0.2) is 47.8 Å². The van der Waals surface area contributed by atoms with Crippen molar-refractivity contribution in [2.45, 2.75) is 31.3 Å². The van der Waals surface area contributed by atoms with Crippen molar-refractivity contribution in [1.29, 1.82) is 0 Å². The van der Waals surface area contributed by atoms with Gasteiger partial charge in [0.15, 0.2) is 0 Å². The fourth-order valence-corrected chi connectivity index (χ4v) is 1.90. The first-order valence-electron chi connectivity index (χ1n) is 4.86. The van der Waals surface area contributed by atoms with Gasteiger partial charge in [0.2, 0.25) is 0 Å². The standard InChI is InChI=1S/C9H15NO3/c11-5-4-10(7-1-2-7)8-3-6-13-9(8)12/h7-8,11H,1-6H2. The number of rotatable bonds is 4. The maximum Gasteiger partial charge on any atom is 0.323 e. The van der Waals surface area contributed by atoms with E-state index in [9.17, 15) is 4.79 Å². The van der Waals surface area contributed by atoms with E-state index >= 15 is 0 Å². The molecule has 1 aliphatic carbocycles. The smallest absolute Gasteiger partial charge is 0.323 e. The summed E-state index contributed by atoms with van der Waals surface area (Å²) in [5.41, 5.74) is 0. The Bertz CT molecular complexity index is 203. The third-order valence-corrected chi connectivity index (χ3v) is 2.68. The number of carbonyl (C=O) groups excluding carboxylic acids is 1. The van der Waals surface area contributed by atoms with E-state index in [1.54, 1.807) is 0 Å². The SMILES string of the molecule is O=C1OCCC1N(CCO)C1CC1. The molecular weight excluding hydrogens is 170 g/mol. The molecule has 0 aromatic heterocycles. The predicted molar refractivity (Wildman–Crippen MR) is 46.2 cm³/mol. The molecule has 2 aliphatic rings. The van der Waals surface area contributed by atoms with Crippen LogP contribution in [0, 0.1) is 0 Å². The first-order chi connectivity index (χ1) is 6.33. The van der Waals surface area contributed by atoms with E-state index in [0.29, 0.717) is 19.2 Å². The van der Waals surface area contributed by atoms with Crippen LogP contribution in [0.3, 0.4) is 0 Å². The Kier molecular flexibility index (Phi) is 2.51. The van der Waals surface area contributed by atoms with Gasteiger partial charge in [0.25, 0.3) is 0 Å². The normalized spacial score (nSPS) is 28.2. The van der Waals surface area contributed by atoms with Crippen LogP contribution >= 0.6 is 0 Å². The van der Waals surface area contributed by atoms with E-state index in [4.69, 9.17) is 9.84 Å². The highest BCUT2D eigenvalue weighted by molar-refractivity contribution is 5.77. The average molecular weight is 185 g/mol. The van der Waals surface area contributed by atoms with Crippen LogP contribution in [0.15, 0.2) is 0 Å². The molecule has 0 bridgehead atoms. The van der Waals surface area contributed by atoms with Crippen LogP contribution in [0.1, 0.15) is 19.3 Å². The third kappa shape index (κ3) is 1.84. The highest BCUT2D eigenvalue weighted by Crippen LogP contribution is 2.30. The molecule has 4 heteroatoms. The van der Waals surface area contributed by atoms with E-state index in [2.05, 4.69) is 4.90 Å². The molecule has 1 saturated carbocycles. The maximum atomic E-state index is 11.3. The molecule has 74 valence electrons. The van der Waals surface area contributed by atoms with E-state index in [1.807, 2.05) is 0 Å². The second-order valence-corrected chi connectivity index (χ2v) is 3.66. The van der Waals surface area contributed by atoms with Crippen molar-refractivity contribution in [3.63, 3.8) is 0 Å². The Labute approximate surface area is 77.5 Å². The topological polar surface area (TPSA) is 49.8 Å². The molecule has 1 heterocycles. The van der Waals surface area contributed by atoms with Gasteiger partial charge in [0.1, 0.15) is 6.04 Å². The zero-order chi connectivity index (χ0) is 9.26. The molecule has 2 rings (SSSR count). The molecular formula is C9H15NO3. The van der Waals surface area contributed by atoms with Gasteiger partial charge in [-0.15, -0.1) is 0 Å². The predicted octanol–water partition coefficient (Wildman–Crippen LogP) is -0.241. The van der Waals surface area contributed by atoms with Gasteiger partial charge >= 0.3 is 5.97 Å². The van der Waals surface area contributed by atoms with Gasteiger partial charge in [0, 0.05) is 19.0 Å². The highest BCUT2D eigenvalue weighted by atomic mass is 16.5. The Morgan fingerprint density at radius 1 is 1.46 bits per heavy atom. The van der Waals surface area contributed by atoms with Crippen LogP contribution in [-0.2, 0) is 9.53 Å². The zero-order valence-electron chi connectivity index (χ0n) is 7.61. The summed E-state index contributed by atoms with van der Waals surface area (Å²) >= 11 is 0. The van der Waals surface area contributed by atoms with Crippen molar-refractivity contribution in [3.8, 4) is 0 Å². The molecule has 1 aliphatic heterocycles. The van der Waals surface area contributed by atoms with E-state index in [0.717, 1.165) is 19.3 Å². The molecule has 4 nitrogen and oxygen atoms in total. The summed E-state index contributed by atoms with van der Waals surface area (Å²) in [5.74, 6) is -0.111. The Morgan fingerprint density at radius 3 is 2.69 bits per heavy atom. The fraction of sp³-hybridized carbons (Fsp3) is 0.889. The van der Waals surface area contributed by atoms with E-state index < -0.39 is 0 Å². The zero-order valence-corrected chi connectivity index (χ0v) is 7.61. The number of esters is 1. The lowest BCUT2D eigenvalue weighted by molar-refractivity contribution is -0.142. The average Bonchev–Trinajstić information content (AvgIpc) is 2.86. The summed E-state index contributed by atoms with van der Waals surface area (Å²) in [4.78, 5) is 13.4. The minimum atomic E-state index is -0.111. The molecule has 0 aromatic carbocycles. The van der Waals surface area contributed by atoms with Gasteiger partial charge in [-0.25, -0.2) is 0 Å². The second-order valence-electron chi connectivity index (χ2n) is 3.66. The molecule has 0 radical (unpaired) electrons. The number of cyclic esters (lactones) is 1. The second kappa shape index (κ2) is 3.64. The van der Waals surface area contributed by atoms with Crippen molar-refractivity contribution in [3.05, 3.63) is 0 Å². The number of carbonyl (C=O) groups is 1. The van der Waals surface area contributed by atoms with Crippen molar-refractivity contribution in [2.75, 3.05) is 19.8 Å². The molecule has 2 fully saturated rings. The van der Waals surface area contributed by atoms with Crippen molar-refractivity contribution < 1.29 is 14.6 Å². The Balaban J connectivity index is 1.96. The molecule has 1 N–H and O–H groups in total. The van der Waals surface area contributed by atoms with Crippen molar-refractivity contribution >= 4 is 5.97 Å². The minimum absolute atomic E-state index is 0.0837. The summed E-state index contributed by atoms with van der Waals surface area (Å²) in [6.45, 7) is 1.27. The first kappa shape index (κ1) is 8.97. The van der Waals surface area contributed by atoms with Gasteiger partial charge in [-0.1, -0.05) is 0 Å². The molecule has 0 amide bonds. The molecule has 0 spiro atoms. The Morgan fingerprint density at radius 2 is 2.23 bits per heavy atom. The number of aliphatic hydroxyl groups is 1. The largest absolute Gasteiger partial charge is 0.464 e.